The third-order valence-corrected chi connectivity index (χ3v) is 4.76. The zero-order valence-electron chi connectivity index (χ0n) is 11.3. The van der Waals surface area contributed by atoms with E-state index in [-0.39, 0.29) is 6.04 Å². The van der Waals surface area contributed by atoms with Crippen LogP contribution in [0.4, 0.5) is 0 Å². The van der Waals surface area contributed by atoms with Crippen LogP contribution in [0.15, 0.2) is 18.5 Å². The SMILES string of the molecule is CC1(C)CCCCC1C(N)Cc1ccncc1Cl. The molecule has 0 aromatic carbocycles. The summed E-state index contributed by atoms with van der Waals surface area (Å²) in [5.74, 6) is 0.593. The molecule has 0 bridgehead atoms. The highest BCUT2D eigenvalue weighted by Gasteiger charge is 2.36. The summed E-state index contributed by atoms with van der Waals surface area (Å²) < 4.78 is 0. The minimum absolute atomic E-state index is 0.195. The number of aromatic nitrogens is 1. The molecule has 1 aliphatic rings. The van der Waals surface area contributed by atoms with Gasteiger partial charge in [0.1, 0.15) is 0 Å². The minimum atomic E-state index is 0.195. The maximum absolute atomic E-state index is 6.45. The molecule has 2 atom stereocenters. The van der Waals surface area contributed by atoms with E-state index in [1.807, 2.05) is 6.07 Å². The second-order valence-electron chi connectivity index (χ2n) is 6.18. The Morgan fingerprint density at radius 2 is 2.28 bits per heavy atom. The molecule has 18 heavy (non-hydrogen) atoms. The molecule has 1 heterocycles. The highest BCUT2D eigenvalue weighted by molar-refractivity contribution is 6.31. The molecule has 2 rings (SSSR count). The van der Waals surface area contributed by atoms with Gasteiger partial charge in [-0.1, -0.05) is 38.3 Å². The average Bonchev–Trinajstić information content (AvgIpc) is 2.31. The highest BCUT2D eigenvalue weighted by atomic mass is 35.5. The lowest BCUT2D eigenvalue weighted by Crippen LogP contribution is -2.43. The molecule has 1 saturated carbocycles. The molecule has 0 saturated heterocycles. The van der Waals surface area contributed by atoms with Gasteiger partial charge in [0.2, 0.25) is 0 Å². The Hall–Kier alpha value is -0.600. The number of nitrogens with two attached hydrogens (primary N) is 1. The van der Waals surface area contributed by atoms with E-state index in [9.17, 15) is 0 Å². The fourth-order valence-corrected chi connectivity index (χ4v) is 3.48. The Balaban J connectivity index is 2.07. The second kappa shape index (κ2) is 5.58. The number of nitrogens with zero attached hydrogens (tertiary/aromatic N) is 1. The molecule has 0 amide bonds. The first-order chi connectivity index (χ1) is 8.50. The maximum Gasteiger partial charge on any atom is 0.0621 e. The van der Waals surface area contributed by atoms with Gasteiger partial charge in [0.15, 0.2) is 0 Å². The third-order valence-electron chi connectivity index (χ3n) is 4.42. The minimum Gasteiger partial charge on any atom is -0.327 e. The van der Waals surface area contributed by atoms with E-state index < -0.39 is 0 Å². The maximum atomic E-state index is 6.45. The first kappa shape index (κ1) is 13.8. The average molecular weight is 267 g/mol. The van der Waals surface area contributed by atoms with Crippen molar-refractivity contribution >= 4 is 11.6 Å². The van der Waals surface area contributed by atoms with Crippen LogP contribution in [0.2, 0.25) is 5.02 Å². The van der Waals surface area contributed by atoms with E-state index in [1.165, 1.54) is 25.7 Å². The second-order valence-corrected chi connectivity index (χ2v) is 6.58. The fourth-order valence-electron chi connectivity index (χ4n) is 3.28. The standard InChI is InChI=1S/C15H23ClN2/c1-15(2)7-4-3-5-12(15)14(17)9-11-6-8-18-10-13(11)16/h6,8,10,12,14H,3-5,7,9,17H2,1-2H3. The topological polar surface area (TPSA) is 38.9 Å². The van der Waals surface area contributed by atoms with Crippen molar-refractivity contribution in [3.05, 3.63) is 29.0 Å². The largest absolute Gasteiger partial charge is 0.327 e. The molecular formula is C15H23ClN2. The zero-order valence-corrected chi connectivity index (χ0v) is 12.1. The summed E-state index contributed by atoms with van der Waals surface area (Å²) in [5.41, 5.74) is 7.93. The monoisotopic (exact) mass is 266 g/mol. The van der Waals surface area contributed by atoms with Crippen molar-refractivity contribution < 1.29 is 0 Å². The normalized spacial score (nSPS) is 24.8. The van der Waals surface area contributed by atoms with E-state index in [0.29, 0.717) is 11.3 Å². The van der Waals surface area contributed by atoms with Gasteiger partial charge in [-0.25, -0.2) is 0 Å². The van der Waals surface area contributed by atoms with E-state index in [2.05, 4.69) is 18.8 Å². The molecule has 1 aliphatic carbocycles. The van der Waals surface area contributed by atoms with E-state index in [4.69, 9.17) is 17.3 Å². The van der Waals surface area contributed by atoms with Gasteiger partial charge in [-0.15, -0.1) is 0 Å². The molecule has 1 aromatic rings. The van der Waals surface area contributed by atoms with Crippen LogP contribution in [-0.4, -0.2) is 11.0 Å². The number of hydrogen-bond acceptors (Lipinski definition) is 2. The van der Waals surface area contributed by atoms with Gasteiger partial charge in [-0.05, 0) is 42.2 Å². The van der Waals surface area contributed by atoms with Crippen molar-refractivity contribution in [2.75, 3.05) is 0 Å². The third kappa shape index (κ3) is 3.04. The smallest absolute Gasteiger partial charge is 0.0621 e. The van der Waals surface area contributed by atoms with Crippen molar-refractivity contribution in [2.24, 2.45) is 17.1 Å². The molecule has 0 aliphatic heterocycles. The quantitative estimate of drug-likeness (QED) is 0.903. The predicted molar refractivity (Wildman–Crippen MR) is 76.7 cm³/mol. The van der Waals surface area contributed by atoms with Crippen molar-refractivity contribution in [3.63, 3.8) is 0 Å². The highest BCUT2D eigenvalue weighted by Crippen LogP contribution is 2.42. The van der Waals surface area contributed by atoms with Crippen LogP contribution in [0, 0.1) is 11.3 Å². The number of rotatable bonds is 3. The molecule has 0 spiro atoms. The first-order valence-corrected chi connectivity index (χ1v) is 7.22. The van der Waals surface area contributed by atoms with Gasteiger partial charge in [-0.2, -0.15) is 0 Å². The lowest BCUT2D eigenvalue weighted by Gasteiger charge is -2.42. The van der Waals surface area contributed by atoms with Crippen LogP contribution < -0.4 is 5.73 Å². The Labute approximate surface area is 115 Å². The summed E-state index contributed by atoms with van der Waals surface area (Å²) in [4.78, 5) is 4.02. The summed E-state index contributed by atoms with van der Waals surface area (Å²) in [6.07, 6.45) is 9.54. The molecule has 3 heteroatoms. The van der Waals surface area contributed by atoms with Crippen molar-refractivity contribution in [1.82, 2.24) is 4.98 Å². The zero-order chi connectivity index (χ0) is 13.2. The van der Waals surface area contributed by atoms with Crippen LogP contribution in [-0.2, 0) is 6.42 Å². The lowest BCUT2D eigenvalue weighted by atomic mass is 9.65. The Kier molecular flexibility index (Phi) is 4.29. The Bertz CT molecular complexity index is 403. The van der Waals surface area contributed by atoms with Gasteiger partial charge in [0.25, 0.3) is 0 Å². The van der Waals surface area contributed by atoms with E-state index >= 15 is 0 Å². The summed E-state index contributed by atoms with van der Waals surface area (Å²) in [6.45, 7) is 4.70. The molecule has 2 unspecified atom stereocenters. The van der Waals surface area contributed by atoms with Gasteiger partial charge in [0, 0.05) is 18.4 Å². The number of pyridine rings is 1. The van der Waals surface area contributed by atoms with Crippen LogP contribution in [0.1, 0.15) is 45.1 Å². The van der Waals surface area contributed by atoms with Crippen molar-refractivity contribution in [1.29, 1.82) is 0 Å². The van der Waals surface area contributed by atoms with Gasteiger partial charge < -0.3 is 5.73 Å². The molecule has 1 aromatic heterocycles. The van der Waals surface area contributed by atoms with Gasteiger partial charge in [-0.3, -0.25) is 4.98 Å². The van der Waals surface area contributed by atoms with E-state index in [0.717, 1.165) is 17.0 Å². The first-order valence-electron chi connectivity index (χ1n) is 6.85. The molecule has 100 valence electrons. The van der Waals surface area contributed by atoms with E-state index in [1.54, 1.807) is 12.4 Å². The van der Waals surface area contributed by atoms with Crippen molar-refractivity contribution in [3.8, 4) is 0 Å². The molecule has 1 fully saturated rings. The Morgan fingerprint density at radius 1 is 1.50 bits per heavy atom. The van der Waals surface area contributed by atoms with Crippen LogP contribution in [0.3, 0.4) is 0 Å². The number of hydrogen-bond donors (Lipinski definition) is 1. The summed E-state index contributed by atoms with van der Waals surface area (Å²) >= 11 is 6.16. The van der Waals surface area contributed by atoms with Crippen LogP contribution >= 0.6 is 11.6 Å². The Morgan fingerprint density at radius 3 is 2.94 bits per heavy atom. The van der Waals surface area contributed by atoms with Crippen LogP contribution in [0.25, 0.3) is 0 Å². The molecule has 0 radical (unpaired) electrons. The predicted octanol–water partition coefficient (Wildman–Crippen LogP) is 3.82. The summed E-state index contributed by atoms with van der Waals surface area (Å²) in [7, 11) is 0. The molecule has 2 nitrogen and oxygen atoms in total. The summed E-state index contributed by atoms with van der Waals surface area (Å²) in [6, 6.07) is 2.18. The van der Waals surface area contributed by atoms with Crippen LogP contribution in [0.5, 0.6) is 0 Å². The fraction of sp³-hybridized carbons (Fsp3) is 0.667. The molecular weight excluding hydrogens is 244 g/mol. The van der Waals surface area contributed by atoms with Gasteiger partial charge >= 0.3 is 0 Å². The lowest BCUT2D eigenvalue weighted by molar-refractivity contribution is 0.112. The summed E-state index contributed by atoms with van der Waals surface area (Å²) in [5, 5.41) is 0.738. The molecule has 2 N–H and O–H groups in total. The van der Waals surface area contributed by atoms with Crippen molar-refractivity contribution in [2.45, 2.75) is 52.0 Å². The number of halogens is 1. The van der Waals surface area contributed by atoms with Gasteiger partial charge in [0.05, 0.1) is 5.02 Å².